The van der Waals surface area contributed by atoms with Crippen molar-refractivity contribution < 1.29 is 9.59 Å². The van der Waals surface area contributed by atoms with Crippen LogP contribution in [-0.2, 0) is 0 Å². The maximum Gasteiger partial charge on any atom is 0.323 e. The summed E-state index contributed by atoms with van der Waals surface area (Å²) in [6.45, 7) is 0. The third-order valence-electron chi connectivity index (χ3n) is 3.69. The van der Waals surface area contributed by atoms with Crippen LogP contribution in [0.4, 0.5) is 16.2 Å². The smallest absolute Gasteiger partial charge is 0.307 e. The van der Waals surface area contributed by atoms with Crippen molar-refractivity contribution in [1.29, 1.82) is 0 Å². The van der Waals surface area contributed by atoms with E-state index < -0.39 is 6.03 Å². The number of ketones is 1. The number of nitrogens with one attached hydrogen (secondary N) is 2. The number of amides is 2. The number of carbonyl (C=O) groups excluding carboxylic acids is 2. The first-order chi connectivity index (χ1) is 12.9. The van der Waals surface area contributed by atoms with Crippen LogP contribution in [0, 0.1) is 0 Å². The van der Waals surface area contributed by atoms with E-state index in [4.69, 9.17) is 34.8 Å². The van der Waals surface area contributed by atoms with E-state index in [1.165, 1.54) is 12.1 Å². The molecule has 4 nitrogen and oxygen atoms in total. The summed E-state index contributed by atoms with van der Waals surface area (Å²) in [6, 6.07) is 17.5. The summed E-state index contributed by atoms with van der Waals surface area (Å²) in [7, 11) is 0. The molecule has 0 aliphatic heterocycles. The van der Waals surface area contributed by atoms with Crippen LogP contribution in [0.5, 0.6) is 0 Å². The molecule has 2 N–H and O–H groups in total. The maximum absolute atomic E-state index is 12.8. The third kappa shape index (κ3) is 4.80. The summed E-state index contributed by atoms with van der Waals surface area (Å²) >= 11 is 18.0. The van der Waals surface area contributed by atoms with Crippen LogP contribution in [0.3, 0.4) is 0 Å². The molecule has 0 bridgehead atoms. The number of hydrogen-bond acceptors (Lipinski definition) is 2. The molecule has 3 aromatic rings. The predicted octanol–water partition coefficient (Wildman–Crippen LogP) is 6.52. The van der Waals surface area contributed by atoms with E-state index in [-0.39, 0.29) is 11.3 Å². The maximum atomic E-state index is 12.8. The lowest BCUT2D eigenvalue weighted by atomic mass is 10.0. The van der Waals surface area contributed by atoms with Crippen LogP contribution in [0.2, 0.25) is 15.1 Å². The molecule has 0 aliphatic carbocycles. The fourth-order valence-corrected chi connectivity index (χ4v) is 2.94. The average Bonchev–Trinajstić information content (AvgIpc) is 2.66. The first-order valence-electron chi connectivity index (χ1n) is 7.86. The first kappa shape index (κ1) is 19.2. The second-order valence-corrected chi connectivity index (χ2v) is 6.87. The van der Waals surface area contributed by atoms with Crippen molar-refractivity contribution in [3.05, 3.63) is 92.9 Å². The number of halogens is 3. The SMILES string of the molecule is O=C(Nc1cc(Cl)ccc1Cl)Nc1ccc(Cl)cc1C(=O)c1ccccc1. The van der Waals surface area contributed by atoms with Gasteiger partial charge in [0.1, 0.15) is 0 Å². The van der Waals surface area contributed by atoms with Gasteiger partial charge in [-0.1, -0.05) is 65.1 Å². The molecule has 0 spiro atoms. The van der Waals surface area contributed by atoms with Gasteiger partial charge in [-0.15, -0.1) is 0 Å². The standard InChI is InChI=1S/C20H13Cl3N2O2/c21-13-7-9-17(15(10-13)19(26)12-4-2-1-3-5-12)24-20(27)25-18-11-14(22)6-8-16(18)23/h1-11H,(H2,24,25,27). The molecule has 3 rings (SSSR count). The van der Waals surface area contributed by atoms with E-state index in [0.29, 0.717) is 32.0 Å². The molecular weight excluding hydrogens is 407 g/mol. The van der Waals surface area contributed by atoms with Gasteiger partial charge in [0.05, 0.1) is 16.4 Å². The molecule has 2 amide bonds. The number of carbonyl (C=O) groups is 2. The fraction of sp³-hybridized carbons (Fsp3) is 0. The highest BCUT2D eigenvalue weighted by molar-refractivity contribution is 6.36. The number of hydrogen-bond donors (Lipinski definition) is 2. The molecule has 0 unspecified atom stereocenters. The second-order valence-electron chi connectivity index (χ2n) is 5.59. The van der Waals surface area contributed by atoms with Crippen molar-refractivity contribution in [3.63, 3.8) is 0 Å². The Balaban J connectivity index is 1.85. The zero-order valence-electron chi connectivity index (χ0n) is 13.8. The van der Waals surface area contributed by atoms with Gasteiger partial charge < -0.3 is 10.6 Å². The van der Waals surface area contributed by atoms with Gasteiger partial charge in [0.15, 0.2) is 5.78 Å². The number of benzene rings is 3. The van der Waals surface area contributed by atoms with E-state index >= 15 is 0 Å². The topological polar surface area (TPSA) is 58.2 Å². The van der Waals surface area contributed by atoms with E-state index in [1.54, 1.807) is 48.5 Å². The second kappa shape index (κ2) is 8.44. The Morgan fingerprint density at radius 2 is 1.33 bits per heavy atom. The average molecular weight is 420 g/mol. The van der Waals surface area contributed by atoms with Gasteiger partial charge in [-0.2, -0.15) is 0 Å². The monoisotopic (exact) mass is 418 g/mol. The van der Waals surface area contributed by atoms with E-state index in [9.17, 15) is 9.59 Å². The number of anilines is 2. The summed E-state index contributed by atoms with van der Waals surface area (Å²) in [4.78, 5) is 25.2. The van der Waals surface area contributed by atoms with Gasteiger partial charge in [-0.3, -0.25) is 4.79 Å². The van der Waals surface area contributed by atoms with Crippen LogP contribution in [0.1, 0.15) is 15.9 Å². The minimum absolute atomic E-state index is 0.255. The molecule has 3 aromatic carbocycles. The summed E-state index contributed by atoms with van der Waals surface area (Å²) in [5.41, 5.74) is 1.44. The van der Waals surface area contributed by atoms with Crippen LogP contribution in [0.25, 0.3) is 0 Å². The largest absolute Gasteiger partial charge is 0.323 e. The van der Waals surface area contributed by atoms with Gasteiger partial charge in [0.2, 0.25) is 0 Å². The molecule has 27 heavy (non-hydrogen) atoms. The molecule has 7 heteroatoms. The van der Waals surface area contributed by atoms with Gasteiger partial charge >= 0.3 is 6.03 Å². The van der Waals surface area contributed by atoms with Crippen molar-refractivity contribution in [2.24, 2.45) is 0 Å². The lowest BCUT2D eigenvalue weighted by Gasteiger charge is -2.13. The Bertz CT molecular complexity index is 1010. The summed E-state index contributed by atoms with van der Waals surface area (Å²) < 4.78 is 0. The minimum Gasteiger partial charge on any atom is -0.307 e. The van der Waals surface area contributed by atoms with Crippen LogP contribution in [-0.4, -0.2) is 11.8 Å². The summed E-state index contributed by atoms with van der Waals surface area (Å²) in [5.74, 6) is -0.255. The van der Waals surface area contributed by atoms with Gasteiger partial charge in [0.25, 0.3) is 0 Å². The molecule has 0 heterocycles. The van der Waals surface area contributed by atoms with Crippen LogP contribution in [0.15, 0.2) is 66.7 Å². The van der Waals surface area contributed by atoms with Crippen molar-refractivity contribution in [2.45, 2.75) is 0 Å². The van der Waals surface area contributed by atoms with Crippen LogP contribution < -0.4 is 10.6 Å². The lowest BCUT2D eigenvalue weighted by Crippen LogP contribution is -2.21. The highest BCUT2D eigenvalue weighted by Crippen LogP contribution is 2.27. The Morgan fingerprint density at radius 1 is 0.704 bits per heavy atom. The van der Waals surface area contributed by atoms with Crippen LogP contribution >= 0.6 is 34.8 Å². The lowest BCUT2D eigenvalue weighted by molar-refractivity contribution is 0.103. The molecule has 0 saturated heterocycles. The Kier molecular flexibility index (Phi) is 6.01. The highest BCUT2D eigenvalue weighted by Gasteiger charge is 2.16. The molecule has 0 radical (unpaired) electrons. The molecule has 0 aliphatic rings. The van der Waals surface area contributed by atoms with E-state index in [1.807, 2.05) is 6.07 Å². The van der Waals surface area contributed by atoms with Gasteiger partial charge in [0, 0.05) is 21.2 Å². The van der Waals surface area contributed by atoms with E-state index in [2.05, 4.69) is 10.6 Å². The molecule has 0 atom stereocenters. The van der Waals surface area contributed by atoms with Crippen molar-refractivity contribution >= 4 is 58.0 Å². The fourth-order valence-electron chi connectivity index (χ4n) is 2.43. The van der Waals surface area contributed by atoms with Gasteiger partial charge in [-0.25, -0.2) is 4.79 Å². The quantitative estimate of drug-likeness (QED) is 0.473. The molecule has 0 saturated carbocycles. The third-order valence-corrected chi connectivity index (χ3v) is 4.49. The number of urea groups is 1. The normalized spacial score (nSPS) is 10.3. The van der Waals surface area contributed by atoms with Crippen molar-refractivity contribution in [3.8, 4) is 0 Å². The Labute approximate surface area is 171 Å². The minimum atomic E-state index is -0.566. The Hall–Kier alpha value is -2.53. The Morgan fingerprint density at radius 3 is 2.07 bits per heavy atom. The van der Waals surface area contributed by atoms with E-state index in [0.717, 1.165) is 0 Å². The van der Waals surface area contributed by atoms with Crippen molar-refractivity contribution in [2.75, 3.05) is 10.6 Å². The number of rotatable bonds is 4. The molecule has 0 aromatic heterocycles. The first-order valence-corrected chi connectivity index (χ1v) is 9.00. The summed E-state index contributed by atoms with van der Waals surface area (Å²) in [5, 5.41) is 6.42. The molecule has 136 valence electrons. The van der Waals surface area contributed by atoms with Gasteiger partial charge in [-0.05, 0) is 36.4 Å². The zero-order valence-corrected chi connectivity index (χ0v) is 16.1. The highest BCUT2D eigenvalue weighted by atomic mass is 35.5. The summed E-state index contributed by atoms with van der Waals surface area (Å²) in [6.07, 6.45) is 0. The predicted molar refractivity (Wildman–Crippen MR) is 110 cm³/mol. The van der Waals surface area contributed by atoms with Crippen molar-refractivity contribution in [1.82, 2.24) is 0 Å². The molecule has 0 fully saturated rings. The molecular formula is C20H13Cl3N2O2. The zero-order chi connectivity index (χ0) is 19.4.